The van der Waals surface area contributed by atoms with E-state index in [0.29, 0.717) is 0 Å². The van der Waals surface area contributed by atoms with Gasteiger partial charge >= 0.3 is 0 Å². The van der Waals surface area contributed by atoms with Crippen LogP contribution in [-0.4, -0.2) is 7.11 Å². The lowest BCUT2D eigenvalue weighted by molar-refractivity contribution is 0.414. The van der Waals surface area contributed by atoms with Gasteiger partial charge in [0.05, 0.1) is 7.11 Å². The lowest BCUT2D eigenvalue weighted by atomic mass is 9.88. The Hall–Kier alpha value is -1.50. The second-order valence-electron chi connectivity index (χ2n) is 3.96. The molecule has 0 saturated carbocycles. The minimum absolute atomic E-state index is 0.941. The van der Waals surface area contributed by atoms with Crippen molar-refractivity contribution in [1.29, 1.82) is 0 Å². The first-order chi connectivity index (χ1) is 7.22. The second kappa shape index (κ2) is 3.93. The van der Waals surface area contributed by atoms with Crippen LogP contribution in [0.25, 0.3) is 5.57 Å². The standard InChI is InChI=1S/C14H16O/c1-10(2)13-6-4-5-11-9-12(15-3)7-8-14(11)13/h6-9H,1,4-5H2,2-3H3. The molecule has 0 aliphatic heterocycles. The predicted octanol–water partition coefficient (Wildman–Crippen LogP) is 3.60. The van der Waals surface area contributed by atoms with E-state index in [0.717, 1.165) is 24.2 Å². The van der Waals surface area contributed by atoms with Crippen molar-refractivity contribution in [1.82, 2.24) is 0 Å². The molecule has 15 heavy (non-hydrogen) atoms. The first-order valence-electron chi connectivity index (χ1n) is 5.25. The third-order valence-electron chi connectivity index (χ3n) is 2.82. The molecule has 0 unspecified atom stereocenters. The number of aryl methyl sites for hydroxylation is 1. The largest absolute Gasteiger partial charge is 0.497 e. The molecule has 0 N–H and O–H groups in total. The molecule has 1 aliphatic carbocycles. The molecule has 0 bridgehead atoms. The summed E-state index contributed by atoms with van der Waals surface area (Å²) < 4.78 is 5.23. The van der Waals surface area contributed by atoms with Gasteiger partial charge < -0.3 is 4.74 Å². The molecule has 1 aliphatic rings. The number of hydrogen-bond donors (Lipinski definition) is 0. The highest BCUT2D eigenvalue weighted by atomic mass is 16.5. The van der Waals surface area contributed by atoms with Gasteiger partial charge in [-0.25, -0.2) is 0 Å². The van der Waals surface area contributed by atoms with E-state index < -0.39 is 0 Å². The van der Waals surface area contributed by atoms with Crippen LogP contribution in [0.5, 0.6) is 5.75 Å². The van der Waals surface area contributed by atoms with Crippen LogP contribution in [0.3, 0.4) is 0 Å². The average Bonchev–Trinajstić information content (AvgIpc) is 2.27. The lowest BCUT2D eigenvalue weighted by Gasteiger charge is -2.18. The van der Waals surface area contributed by atoms with Crippen molar-refractivity contribution in [2.75, 3.05) is 7.11 Å². The Morgan fingerprint density at radius 1 is 1.40 bits per heavy atom. The number of allylic oxidation sites excluding steroid dienone is 3. The Morgan fingerprint density at radius 2 is 2.20 bits per heavy atom. The lowest BCUT2D eigenvalue weighted by Crippen LogP contribution is -2.00. The molecule has 1 nitrogen and oxygen atoms in total. The summed E-state index contributed by atoms with van der Waals surface area (Å²) in [5, 5.41) is 0. The number of hydrogen-bond acceptors (Lipinski definition) is 1. The molecule has 0 spiro atoms. The first-order valence-corrected chi connectivity index (χ1v) is 5.25. The number of rotatable bonds is 2. The van der Waals surface area contributed by atoms with Crippen LogP contribution < -0.4 is 4.74 Å². The number of methoxy groups -OCH3 is 1. The maximum atomic E-state index is 5.23. The molecule has 0 radical (unpaired) electrons. The fourth-order valence-electron chi connectivity index (χ4n) is 2.05. The predicted molar refractivity (Wildman–Crippen MR) is 64.1 cm³/mol. The molecule has 2 rings (SSSR count). The molecular formula is C14H16O. The summed E-state index contributed by atoms with van der Waals surface area (Å²) >= 11 is 0. The van der Waals surface area contributed by atoms with Gasteiger partial charge in [-0.2, -0.15) is 0 Å². The quantitative estimate of drug-likeness (QED) is 0.708. The van der Waals surface area contributed by atoms with Crippen LogP contribution in [0.4, 0.5) is 0 Å². The maximum Gasteiger partial charge on any atom is 0.119 e. The SMILES string of the molecule is C=C(C)C1=CCCc2cc(OC)ccc21. The summed E-state index contributed by atoms with van der Waals surface area (Å²) in [6, 6.07) is 6.28. The highest BCUT2D eigenvalue weighted by molar-refractivity contribution is 5.81. The van der Waals surface area contributed by atoms with Crippen LogP contribution in [0.2, 0.25) is 0 Å². The van der Waals surface area contributed by atoms with E-state index in [1.165, 1.54) is 16.7 Å². The van der Waals surface area contributed by atoms with Crippen molar-refractivity contribution in [2.24, 2.45) is 0 Å². The van der Waals surface area contributed by atoms with Crippen LogP contribution in [-0.2, 0) is 6.42 Å². The van der Waals surface area contributed by atoms with Gasteiger partial charge in [0.15, 0.2) is 0 Å². The summed E-state index contributed by atoms with van der Waals surface area (Å²) in [7, 11) is 1.71. The van der Waals surface area contributed by atoms with Crippen molar-refractivity contribution in [3.63, 3.8) is 0 Å². The van der Waals surface area contributed by atoms with E-state index in [9.17, 15) is 0 Å². The van der Waals surface area contributed by atoms with E-state index in [1.54, 1.807) is 7.11 Å². The molecule has 1 aromatic rings. The Kier molecular flexibility index (Phi) is 2.63. The van der Waals surface area contributed by atoms with Crippen LogP contribution in [0.1, 0.15) is 24.5 Å². The topological polar surface area (TPSA) is 9.23 Å². The summed E-state index contributed by atoms with van der Waals surface area (Å²) in [4.78, 5) is 0. The van der Waals surface area contributed by atoms with E-state index in [-0.39, 0.29) is 0 Å². The number of benzene rings is 1. The van der Waals surface area contributed by atoms with Gasteiger partial charge in [0.2, 0.25) is 0 Å². The van der Waals surface area contributed by atoms with Crippen LogP contribution in [0, 0.1) is 0 Å². The number of ether oxygens (including phenoxy) is 1. The van der Waals surface area contributed by atoms with E-state index in [1.807, 2.05) is 6.07 Å². The van der Waals surface area contributed by atoms with Gasteiger partial charge in [-0.1, -0.05) is 24.3 Å². The minimum atomic E-state index is 0.941. The molecule has 0 fully saturated rings. The van der Waals surface area contributed by atoms with Crippen molar-refractivity contribution in [2.45, 2.75) is 19.8 Å². The van der Waals surface area contributed by atoms with Crippen molar-refractivity contribution in [3.05, 3.63) is 47.6 Å². The van der Waals surface area contributed by atoms with Crippen molar-refractivity contribution in [3.8, 4) is 5.75 Å². The molecule has 0 atom stereocenters. The van der Waals surface area contributed by atoms with E-state index in [2.05, 4.69) is 31.7 Å². The highest BCUT2D eigenvalue weighted by Crippen LogP contribution is 2.32. The third kappa shape index (κ3) is 1.82. The van der Waals surface area contributed by atoms with Crippen LogP contribution in [0.15, 0.2) is 36.4 Å². The molecule has 1 heteroatoms. The maximum absolute atomic E-state index is 5.23. The third-order valence-corrected chi connectivity index (χ3v) is 2.82. The smallest absolute Gasteiger partial charge is 0.119 e. The molecule has 78 valence electrons. The average molecular weight is 200 g/mol. The summed E-state index contributed by atoms with van der Waals surface area (Å²) in [5.41, 5.74) is 5.12. The highest BCUT2D eigenvalue weighted by Gasteiger charge is 2.13. The zero-order valence-electron chi connectivity index (χ0n) is 9.34. The number of fused-ring (bicyclic) bond motifs is 1. The molecular weight excluding hydrogens is 184 g/mol. The van der Waals surface area contributed by atoms with Gasteiger partial charge in [-0.3, -0.25) is 0 Å². The first kappa shape index (κ1) is 10.0. The molecule has 0 aromatic heterocycles. The van der Waals surface area contributed by atoms with Gasteiger partial charge in [0.25, 0.3) is 0 Å². The van der Waals surface area contributed by atoms with Gasteiger partial charge in [0, 0.05) is 0 Å². The van der Waals surface area contributed by atoms with Crippen molar-refractivity contribution < 1.29 is 4.74 Å². The summed E-state index contributed by atoms with van der Waals surface area (Å²) in [6.45, 7) is 6.08. The monoisotopic (exact) mass is 200 g/mol. The Labute approximate surface area is 91.1 Å². The van der Waals surface area contributed by atoms with Gasteiger partial charge in [0.1, 0.15) is 5.75 Å². The Balaban J connectivity index is 2.48. The zero-order valence-corrected chi connectivity index (χ0v) is 9.34. The molecule has 0 heterocycles. The minimum Gasteiger partial charge on any atom is -0.497 e. The second-order valence-corrected chi connectivity index (χ2v) is 3.96. The zero-order chi connectivity index (χ0) is 10.8. The fraction of sp³-hybridized carbons (Fsp3) is 0.286. The summed E-state index contributed by atoms with van der Waals surface area (Å²) in [5.74, 6) is 0.941. The van der Waals surface area contributed by atoms with E-state index >= 15 is 0 Å². The van der Waals surface area contributed by atoms with Gasteiger partial charge in [-0.15, -0.1) is 0 Å². The van der Waals surface area contributed by atoms with Crippen LogP contribution >= 0.6 is 0 Å². The summed E-state index contributed by atoms with van der Waals surface area (Å²) in [6.07, 6.45) is 4.48. The molecule has 0 amide bonds. The Morgan fingerprint density at radius 3 is 2.87 bits per heavy atom. The van der Waals surface area contributed by atoms with Crippen molar-refractivity contribution >= 4 is 5.57 Å². The Bertz CT molecular complexity index is 427. The van der Waals surface area contributed by atoms with Gasteiger partial charge in [-0.05, 0) is 48.6 Å². The molecule has 1 aromatic carbocycles. The normalized spacial score (nSPS) is 14.1. The molecule has 0 saturated heterocycles. The fourth-order valence-corrected chi connectivity index (χ4v) is 2.05. The van der Waals surface area contributed by atoms with E-state index in [4.69, 9.17) is 4.74 Å².